The molecule has 6 heteroatoms. The molecule has 0 unspecified atom stereocenters. The smallest absolute Gasteiger partial charge is 0.253 e. The number of thiophene rings is 1. The van der Waals surface area contributed by atoms with Gasteiger partial charge >= 0.3 is 0 Å². The topological polar surface area (TPSA) is 51.2 Å². The molecule has 1 amide bonds. The lowest BCUT2D eigenvalue weighted by Crippen LogP contribution is -2.22. The number of amides is 1. The first kappa shape index (κ1) is 16.1. The van der Waals surface area contributed by atoms with Gasteiger partial charge in [0.15, 0.2) is 5.06 Å². The number of rotatable bonds is 5. The fourth-order valence-electron chi connectivity index (χ4n) is 2.03. The lowest BCUT2D eigenvalue weighted by molar-refractivity contribution is 0.0951. The number of aromatic nitrogens is 1. The predicted octanol–water partition coefficient (Wildman–Crippen LogP) is 4.31. The van der Waals surface area contributed by atoms with Gasteiger partial charge in [0, 0.05) is 22.8 Å². The number of ether oxygens (including phenoxy) is 1. The van der Waals surface area contributed by atoms with Crippen LogP contribution in [0.3, 0.4) is 0 Å². The minimum Gasteiger partial charge on any atom is -0.447 e. The summed E-state index contributed by atoms with van der Waals surface area (Å²) in [7, 11) is 0. The van der Waals surface area contributed by atoms with E-state index in [0.29, 0.717) is 22.9 Å². The Hall–Kier alpha value is -2.73. The molecule has 1 N–H and O–H groups in total. The van der Waals surface area contributed by atoms with Crippen LogP contribution >= 0.6 is 11.3 Å². The summed E-state index contributed by atoms with van der Waals surface area (Å²) < 4.78 is 18.7. The first-order chi connectivity index (χ1) is 11.6. The molecule has 4 nitrogen and oxygen atoms in total. The van der Waals surface area contributed by atoms with Crippen molar-refractivity contribution in [2.24, 2.45) is 0 Å². The Balaban J connectivity index is 1.58. The zero-order valence-corrected chi connectivity index (χ0v) is 13.8. The summed E-state index contributed by atoms with van der Waals surface area (Å²) in [5, 5.41) is 3.48. The fourth-order valence-corrected chi connectivity index (χ4v) is 2.84. The molecule has 0 bridgehead atoms. The molecular formula is C18H15FN2O2S. The molecule has 3 aromatic rings. The molecule has 1 aromatic carbocycles. The molecule has 0 aliphatic rings. The van der Waals surface area contributed by atoms with Crippen molar-refractivity contribution in [3.05, 3.63) is 76.7 Å². The lowest BCUT2D eigenvalue weighted by Gasteiger charge is -2.04. The van der Waals surface area contributed by atoms with E-state index in [2.05, 4.69) is 10.3 Å². The third-order valence-electron chi connectivity index (χ3n) is 3.25. The molecule has 0 saturated heterocycles. The normalized spacial score (nSPS) is 10.4. The van der Waals surface area contributed by atoms with Crippen LogP contribution in [0, 0.1) is 12.7 Å². The van der Waals surface area contributed by atoms with Gasteiger partial charge in [0.1, 0.15) is 11.6 Å². The molecule has 2 aromatic heterocycles. The summed E-state index contributed by atoms with van der Waals surface area (Å²) in [6.45, 7) is 2.26. The van der Waals surface area contributed by atoms with Crippen molar-refractivity contribution in [1.29, 1.82) is 0 Å². The van der Waals surface area contributed by atoms with Crippen LogP contribution in [0.5, 0.6) is 10.8 Å². The summed E-state index contributed by atoms with van der Waals surface area (Å²) in [5.41, 5.74) is 1.39. The molecule has 0 atom stereocenters. The Morgan fingerprint density at radius 2 is 2.12 bits per heavy atom. The Morgan fingerprint density at radius 1 is 1.25 bits per heavy atom. The fraction of sp³-hybridized carbons (Fsp3) is 0.111. The Bertz CT molecular complexity index is 846. The molecule has 0 fully saturated rings. The van der Waals surface area contributed by atoms with Gasteiger partial charge in [0.25, 0.3) is 5.91 Å². The van der Waals surface area contributed by atoms with Crippen LogP contribution in [0.1, 0.15) is 20.9 Å². The maximum atomic E-state index is 13.1. The minimum atomic E-state index is -0.344. The first-order valence-electron chi connectivity index (χ1n) is 7.33. The summed E-state index contributed by atoms with van der Waals surface area (Å²) in [6.07, 6.45) is 1.55. The average Bonchev–Trinajstić information content (AvgIpc) is 3.01. The second-order valence-electron chi connectivity index (χ2n) is 5.15. The van der Waals surface area contributed by atoms with Crippen molar-refractivity contribution < 1.29 is 13.9 Å². The van der Waals surface area contributed by atoms with Crippen LogP contribution < -0.4 is 10.1 Å². The van der Waals surface area contributed by atoms with Crippen LogP contribution in [0.2, 0.25) is 0 Å². The van der Waals surface area contributed by atoms with Gasteiger partial charge in [-0.3, -0.25) is 9.78 Å². The maximum absolute atomic E-state index is 13.1. The minimum absolute atomic E-state index is 0.177. The van der Waals surface area contributed by atoms with Crippen molar-refractivity contribution in [2.75, 3.05) is 0 Å². The van der Waals surface area contributed by atoms with Crippen molar-refractivity contribution >= 4 is 17.2 Å². The zero-order chi connectivity index (χ0) is 16.9. The molecule has 0 spiro atoms. The highest BCUT2D eigenvalue weighted by Crippen LogP contribution is 2.29. The molecular weight excluding hydrogens is 327 g/mol. The van der Waals surface area contributed by atoms with E-state index >= 15 is 0 Å². The first-order valence-corrected chi connectivity index (χ1v) is 8.15. The summed E-state index contributed by atoms with van der Waals surface area (Å²) in [6, 6.07) is 13.2. The number of pyridine rings is 1. The number of benzene rings is 1. The summed E-state index contributed by atoms with van der Waals surface area (Å²) in [4.78, 5) is 17.1. The molecule has 0 aliphatic carbocycles. The molecule has 3 rings (SSSR count). The van der Waals surface area contributed by atoms with E-state index in [9.17, 15) is 9.18 Å². The van der Waals surface area contributed by atoms with Crippen LogP contribution in [-0.4, -0.2) is 10.9 Å². The van der Waals surface area contributed by atoms with Crippen molar-refractivity contribution in [3.63, 3.8) is 0 Å². The highest BCUT2D eigenvalue weighted by atomic mass is 32.1. The number of nitrogens with zero attached hydrogens (tertiary/aromatic N) is 1. The van der Waals surface area contributed by atoms with Gasteiger partial charge in [-0.25, -0.2) is 4.39 Å². The molecule has 24 heavy (non-hydrogen) atoms. The van der Waals surface area contributed by atoms with E-state index in [1.807, 2.05) is 13.0 Å². The van der Waals surface area contributed by atoms with Gasteiger partial charge in [0.05, 0.1) is 12.1 Å². The van der Waals surface area contributed by atoms with E-state index in [4.69, 9.17) is 4.74 Å². The molecule has 0 radical (unpaired) electrons. The number of carbonyl (C=O) groups is 1. The summed E-state index contributed by atoms with van der Waals surface area (Å²) >= 11 is 1.40. The van der Waals surface area contributed by atoms with E-state index in [1.165, 1.54) is 23.5 Å². The molecule has 0 saturated carbocycles. The van der Waals surface area contributed by atoms with Gasteiger partial charge in [-0.15, -0.1) is 11.3 Å². The van der Waals surface area contributed by atoms with Gasteiger partial charge < -0.3 is 10.1 Å². The number of aryl methyl sites for hydroxylation is 1. The van der Waals surface area contributed by atoms with Crippen LogP contribution in [-0.2, 0) is 6.54 Å². The monoisotopic (exact) mass is 342 g/mol. The standard InChI is InChI=1S/C18H15FN2O2S/c1-12-5-6-13(10-20-12)18(22)21-11-16-7-8-17(24-16)23-15-4-2-3-14(19)9-15/h2-10H,11H2,1H3,(H,21,22). The third-order valence-corrected chi connectivity index (χ3v) is 4.21. The number of nitrogens with one attached hydrogen (secondary N) is 1. The van der Waals surface area contributed by atoms with E-state index in [0.717, 1.165) is 10.6 Å². The highest BCUT2D eigenvalue weighted by molar-refractivity contribution is 7.13. The van der Waals surface area contributed by atoms with Crippen LogP contribution in [0.25, 0.3) is 0 Å². The quantitative estimate of drug-likeness (QED) is 0.751. The van der Waals surface area contributed by atoms with E-state index in [1.54, 1.807) is 36.5 Å². The number of hydrogen-bond donors (Lipinski definition) is 1. The van der Waals surface area contributed by atoms with Gasteiger partial charge in [-0.2, -0.15) is 0 Å². The Morgan fingerprint density at radius 3 is 2.88 bits per heavy atom. The number of halogens is 1. The van der Waals surface area contributed by atoms with Crippen LogP contribution in [0.4, 0.5) is 4.39 Å². The SMILES string of the molecule is Cc1ccc(C(=O)NCc2ccc(Oc3cccc(F)c3)s2)cn1. The van der Waals surface area contributed by atoms with Crippen molar-refractivity contribution in [2.45, 2.75) is 13.5 Å². The predicted molar refractivity (Wildman–Crippen MR) is 90.9 cm³/mol. The van der Waals surface area contributed by atoms with Crippen molar-refractivity contribution in [1.82, 2.24) is 10.3 Å². The second-order valence-corrected chi connectivity index (χ2v) is 6.28. The van der Waals surface area contributed by atoms with Gasteiger partial charge in [-0.05, 0) is 43.3 Å². The number of carbonyl (C=O) groups excluding carboxylic acids is 1. The molecule has 122 valence electrons. The zero-order valence-electron chi connectivity index (χ0n) is 13.0. The second kappa shape index (κ2) is 7.23. The van der Waals surface area contributed by atoms with Crippen LogP contribution in [0.15, 0.2) is 54.7 Å². The van der Waals surface area contributed by atoms with E-state index < -0.39 is 0 Å². The molecule has 0 aliphatic heterocycles. The average molecular weight is 342 g/mol. The Kier molecular flexibility index (Phi) is 4.86. The van der Waals surface area contributed by atoms with E-state index in [-0.39, 0.29) is 11.7 Å². The largest absolute Gasteiger partial charge is 0.447 e. The summed E-state index contributed by atoms with van der Waals surface area (Å²) in [5.74, 6) is -0.0788. The van der Waals surface area contributed by atoms with Gasteiger partial charge in [-0.1, -0.05) is 6.07 Å². The molecule has 2 heterocycles. The van der Waals surface area contributed by atoms with Crippen molar-refractivity contribution in [3.8, 4) is 10.8 Å². The highest BCUT2D eigenvalue weighted by Gasteiger charge is 2.08. The Labute approximate surface area is 142 Å². The lowest BCUT2D eigenvalue weighted by atomic mass is 10.2. The number of hydrogen-bond acceptors (Lipinski definition) is 4. The van der Waals surface area contributed by atoms with Gasteiger partial charge in [0.2, 0.25) is 0 Å². The third kappa shape index (κ3) is 4.17. The maximum Gasteiger partial charge on any atom is 0.253 e.